The molecule has 1 fully saturated rings. The normalized spacial score (nSPS) is 16.1. The van der Waals surface area contributed by atoms with Gasteiger partial charge in [0.2, 0.25) is 12.2 Å². The van der Waals surface area contributed by atoms with Gasteiger partial charge in [-0.3, -0.25) is 4.79 Å². The van der Waals surface area contributed by atoms with Crippen LogP contribution < -0.4 is 5.32 Å². The molecule has 198 valence electrons. The number of piperidine rings is 1. The molecule has 0 saturated carbocycles. The van der Waals surface area contributed by atoms with Crippen LogP contribution in [0.3, 0.4) is 0 Å². The Balaban J connectivity index is 0.000000364. The number of aliphatic carboxylic acids is 2. The van der Waals surface area contributed by atoms with Crippen molar-refractivity contribution in [3.63, 3.8) is 0 Å². The zero-order valence-corrected chi connectivity index (χ0v) is 20.2. The fraction of sp³-hybridized carbons (Fsp3) is 0.346. The van der Waals surface area contributed by atoms with Crippen molar-refractivity contribution in [3.05, 3.63) is 71.8 Å². The number of nitrogens with one attached hydrogen (secondary N) is 1. The summed E-state index contributed by atoms with van der Waals surface area (Å²) in [5.41, 5.74) is 0.0505. The Labute approximate surface area is 213 Å². The summed E-state index contributed by atoms with van der Waals surface area (Å²) in [6.45, 7) is 4.16. The average Bonchev–Trinajstić information content (AvgIpc) is 2.92. The van der Waals surface area contributed by atoms with E-state index in [1.165, 1.54) is 48.5 Å². The number of benzene rings is 2. The maximum absolute atomic E-state index is 12.0. The number of ether oxygens (including phenoxy) is 3. The first kappa shape index (κ1) is 29.0. The third kappa shape index (κ3) is 9.37. The Morgan fingerprint density at radius 3 is 1.65 bits per heavy atom. The van der Waals surface area contributed by atoms with Gasteiger partial charge in [0.1, 0.15) is 0 Å². The van der Waals surface area contributed by atoms with E-state index in [-0.39, 0.29) is 23.0 Å². The van der Waals surface area contributed by atoms with Crippen molar-refractivity contribution in [2.75, 3.05) is 19.7 Å². The van der Waals surface area contributed by atoms with Crippen LogP contribution in [0.4, 0.5) is 0 Å². The largest absolute Gasteiger partial charge is 0.478 e. The first-order valence-corrected chi connectivity index (χ1v) is 11.6. The highest BCUT2D eigenvalue weighted by molar-refractivity contribution is 5.95. The van der Waals surface area contributed by atoms with Crippen LogP contribution in [0.2, 0.25) is 0 Å². The third-order valence-electron chi connectivity index (χ3n) is 5.17. The zero-order valence-electron chi connectivity index (χ0n) is 20.2. The summed E-state index contributed by atoms with van der Waals surface area (Å²) in [6, 6.07) is 14.8. The minimum absolute atomic E-state index is 0.0253. The molecule has 0 radical (unpaired) electrons. The van der Waals surface area contributed by atoms with Crippen molar-refractivity contribution < 1.29 is 48.4 Å². The van der Waals surface area contributed by atoms with Gasteiger partial charge >= 0.3 is 29.8 Å². The van der Waals surface area contributed by atoms with Crippen molar-refractivity contribution in [2.45, 2.75) is 32.0 Å². The van der Waals surface area contributed by atoms with E-state index in [1.54, 1.807) is 12.1 Å². The second kappa shape index (κ2) is 15.0. The van der Waals surface area contributed by atoms with Crippen LogP contribution in [0.15, 0.2) is 60.7 Å². The number of carbonyl (C=O) groups excluding carboxylic acids is 3. The second-order valence-corrected chi connectivity index (χ2v) is 7.86. The van der Waals surface area contributed by atoms with Gasteiger partial charge in [0, 0.05) is 6.54 Å². The first-order chi connectivity index (χ1) is 17.7. The number of carboxylic acid groups (broad SMARTS) is 2. The van der Waals surface area contributed by atoms with Gasteiger partial charge in [-0.25, -0.2) is 19.2 Å². The predicted molar refractivity (Wildman–Crippen MR) is 129 cm³/mol. The summed E-state index contributed by atoms with van der Waals surface area (Å²) < 4.78 is 14.4. The third-order valence-corrected chi connectivity index (χ3v) is 5.17. The molecule has 1 aliphatic heterocycles. The topological polar surface area (TPSA) is 166 Å². The molecule has 0 bridgehead atoms. The van der Waals surface area contributed by atoms with Gasteiger partial charge in [0.05, 0.1) is 23.7 Å². The zero-order chi connectivity index (χ0) is 27.2. The SMILES string of the molecule is CCOC(=O)[C@H]1CCCNC1.O=C(O[C@@H](C(=O)O)[C@@H](OC(=O)c1ccccc1)C(=O)O)c1ccccc1. The van der Waals surface area contributed by atoms with Crippen LogP contribution in [-0.4, -0.2) is 72.0 Å². The van der Waals surface area contributed by atoms with E-state index >= 15 is 0 Å². The van der Waals surface area contributed by atoms with Crippen molar-refractivity contribution in [2.24, 2.45) is 5.92 Å². The van der Waals surface area contributed by atoms with Crippen molar-refractivity contribution in [3.8, 4) is 0 Å². The standard InChI is InChI=1S/C18H14O8.C8H15NO2/c19-15(20)13(25-17(23)11-7-3-1-4-8-11)14(16(21)22)26-18(24)12-9-5-2-6-10-12;1-2-11-8(10)7-4-3-5-9-6-7/h1-10,13-14H,(H,19,20)(H,21,22);7,9H,2-6H2,1H3/t13-,14-;7-/m10/s1. The van der Waals surface area contributed by atoms with Gasteiger partial charge in [0.25, 0.3) is 0 Å². The lowest BCUT2D eigenvalue weighted by Gasteiger charge is -2.21. The lowest BCUT2D eigenvalue weighted by Crippen LogP contribution is -2.45. The number of hydrogen-bond donors (Lipinski definition) is 3. The molecular formula is C26H29NO10. The highest BCUT2D eigenvalue weighted by atomic mass is 16.6. The van der Waals surface area contributed by atoms with Gasteiger partial charge in [-0.05, 0) is 50.6 Å². The van der Waals surface area contributed by atoms with Crippen molar-refractivity contribution in [1.82, 2.24) is 5.32 Å². The Bertz CT molecular complexity index is 982. The van der Waals surface area contributed by atoms with E-state index in [2.05, 4.69) is 5.32 Å². The molecule has 1 aliphatic rings. The summed E-state index contributed by atoms with van der Waals surface area (Å²) in [5.74, 6) is -5.58. The highest BCUT2D eigenvalue weighted by Crippen LogP contribution is 2.13. The smallest absolute Gasteiger partial charge is 0.349 e. The van der Waals surface area contributed by atoms with Gasteiger partial charge in [-0.1, -0.05) is 36.4 Å². The molecule has 3 rings (SSSR count). The fourth-order valence-corrected chi connectivity index (χ4v) is 3.31. The maximum atomic E-state index is 12.0. The molecule has 1 heterocycles. The summed E-state index contributed by atoms with van der Waals surface area (Å²) >= 11 is 0. The molecule has 3 N–H and O–H groups in total. The van der Waals surface area contributed by atoms with Crippen molar-refractivity contribution >= 4 is 29.8 Å². The fourth-order valence-electron chi connectivity index (χ4n) is 3.31. The molecule has 37 heavy (non-hydrogen) atoms. The van der Waals surface area contributed by atoms with E-state index in [9.17, 15) is 34.2 Å². The molecule has 3 atom stereocenters. The van der Waals surface area contributed by atoms with E-state index in [4.69, 9.17) is 14.2 Å². The minimum Gasteiger partial charge on any atom is -0.478 e. The molecule has 11 heteroatoms. The molecular weight excluding hydrogens is 486 g/mol. The molecule has 11 nitrogen and oxygen atoms in total. The number of rotatable bonds is 9. The number of carbonyl (C=O) groups is 5. The second-order valence-electron chi connectivity index (χ2n) is 7.86. The minimum atomic E-state index is -2.21. The van der Waals surface area contributed by atoms with Gasteiger partial charge < -0.3 is 29.7 Å². The Kier molecular flexibility index (Phi) is 11.7. The van der Waals surface area contributed by atoms with Crippen molar-refractivity contribution in [1.29, 1.82) is 0 Å². The van der Waals surface area contributed by atoms with E-state index in [0.29, 0.717) is 6.61 Å². The first-order valence-electron chi connectivity index (χ1n) is 11.6. The van der Waals surface area contributed by atoms with Gasteiger partial charge in [0.15, 0.2) is 0 Å². The molecule has 0 spiro atoms. The molecule has 1 saturated heterocycles. The van der Waals surface area contributed by atoms with E-state index < -0.39 is 36.1 Å². The van der Waals surface area contributed by atoms with Crippen LogP contribution in [0.25, 0.3) is 0 Å². The van der Waals surface area contributed by atoms with Crippen LogP contribution in [-0.2, 0) is 28.6 Å². The Hall–Kier alpha value is -4.25. The monoisotopic (exact) mass is 515 g/mol. The molecule has 0 amide bonds. The lowest BCUT2D eigenvalue weighted by molar-refractivity contribution is -0.166. The number of esters is 3. The van der Waals surface area contributed by atoms with Crippen LogP contribution in [0.1, 0.15) is 40.5 Å². The molecule has 0 aliphatic carbocycles. The van der Waals surface area contributed by atoms with E-state index in [0.717, 1.165) is 25.9 Å². The van der Waals surface area contributed by atoms with Crippen LogP contribution >= 0.6 is 0 Å². The molecule has 2 aromatic rings. The number of hydrogen-bond acceptors (Lipinski definition) is 9. The van der Waals surface area contributed by atoms with E-state index in [1.807, 2.05) is 6.92 Å². The van der Waals surface area contributed by atoms with Gasteiger partial charge in [-0.15, -0.1) is 0 Å². The molecule has 0 aromatic heterocycles. The number of carboxylic acids is 2. The predicted octanol–water partition coefficient (Wildman–Crippen LogP) is 2.16. The van der Waals surface area contributed by atoms with Crippen LogP contribution in [0, 0.1) is 5.92 Å². The summed E-state index contributed by atoms with van der Waals surface area (Å²) in [6.07, 6.45) is -2.37. The Morgan fingerprint density at radius 1 is 0.838 bits per heavy atom. The van der Waals surface area contributed by atoms with Gasteiger partial charge in [-0.2, -0.15) is 0 Å². The summed E-state index contributed by atoms with van der Waals surface area (Å²) in [7, 11) is 0. The lowest BCUT2D eigenvalue weighted by atomic mass is 10.0. The maximum Gasteiger partial charge on any atom is 0.349 e. The molecule has 2 aromatic carbocycles. The van der Waals surface area contributed by atoms with Crippen LogP contribution in [0.5, 0.6) is 0 Å². The Morgan fingerprint density at radius 2 is 1.30 bits per heavy atom. The highest BCUT2D eigenvalue weighted by Gasteiger charge is 2.41. The quantitative estimate of drug-likeness (QED) is 0.331. The molecule has 0 unspecified atom stereocenters. The average molecular weight is 516 g/mol. The summed E-state index contributed by atoms with van der Waals surface area (Å²) in [4.78, 5) is 58.0. The summed E-state index contributed by atoms with van der Waals surface area (Å²) in [5, 5.41) is 21.7.